The Labute approximate surface area is 152 Å². The van der Waals surface area contributed by atoms with Crippen molar-refractivity contribution in [3.05, 3.63) is 58.0 Å². The molecule has 0 spiro atoms. The Morgan fingerprint density at radius 1 is 1.29 bits per heavy atom. The van der Waals surface area contributed by atoms with Gasteiger partial charge in [0.05, 0.1) is 15.9 Å². The highest BCUT2D eigenvalue weighted by molar-refractivity contribution is 9.10. The minimum Gasteiger partial charge on any atom is -0.472 e. The van der Waals surface area contributed by atoms with Crippen LogP contribution in [0, 0.1) is 0 Å². The van der Waals surface area contributed by atoms with Crippen LogP contribution in [0.4, 0.5) is 0 Å². The van der Waals surface area contributed by atoms with E-state index in [1.807, 2.05) is 47.4 Å². The highest BCUT2D eigenvalue weighted by atomic mass is 79.9. The van der Waals surface area contributed by atoms with Crippen molar-refractivity contribution in [2.45, 2.75) is 12.5 Å². The van der Waals surface area contributed by atoms with Gasteiger partial charge in [-0.2, -0.15) is 0 Å². The first-order valence-electron chi connectivity index (χ1n) is 7.76. The van der Waals surface area contributed by atoms with E-state index < -0.39 is 0 Å². The van der Waals surface area contributed by atoms with Crippen LogP contribution in [0.25, 0.3) is 10.1 Å². The van der Waals surface area contributed by atoms with Gasteiger partial charge in [0, 0.05) is 23.9 Å². The van der Waals surface area contributed by atoms with Gasteiger partial charge in [-0.05, 0) is 45.6 Å². The summed E-state index contributed by atoms with van der Waals surface area (Å²) in [6.45, 7) is 1.30. The van der Waals surface area contributed by atoms with E-state index in [9.17, 15) is 4.79 Å². The van der Waals surface area contributed by atoms with Crippen molar-refractivity contribution in [3.8, 4) is 5.88 Å². The summed E-state index contributed by atoms with van der Waals surface area (Å²) in [5, 5.41) is 1.12. The minimum atomic E-state index is -0.0190. The molecule has 6 heteroatoms. The van der Waals surface area contributed by atoms with Gasteiger partial charge in [0.2, 0.25) is 5.88 Å². The number of rotatable bonds is 3. The van der Waals surface area contributed by atoms with Gasteiger partial charge < -0.3 is 9.64 Å². The minimum absolute atomic E-state index is 0.0190. The van der Waals surface area contributed by atoms with Gasteiger partial charge in [-0.15, -0.1) is 11.3 Å². The fourth-order valence-corrected chi connectivity index (χ4v) is 4.25. The lowest BCUT2D eigenvalue weighted by Gasteiger charge is -2.16. The molecule has 1 amide bonds. The van der Waals surface area contributed by atoms with Crippen molar-refractivity contribution < 1.29 is 9.53 Å². The van der Waals surface area contributed by atoms with Crippen molar-refractivity contribution in [1.82, 2.24) is 9.88 Å². The molecule has 2 aromatic heterocycles. The van der Waals surface area contributed by atoms with Crippen molar-refractivity contribution in [2.24, 2.45) is 0 Å². The van der Waals surface area contributed by atoms with Crippen LogP contribution < -0.4 is 4.74 Å². The summed E-state index contributed by atoms with van der Waals surface area (Å²) in [5.41, 5.74) is 0. The molecule has 1 aromatic carbocycles. The molecule has 1 aliphatic rings. The lowest BCUT2D eigenvalue weighted by Crippen LogP contribution is -2.30. The Morgan fingerprint density at radius 3 is 3.00 bits per heavy atom. The predicted octanol–water partition coefficient (Wildman–Crippen LogP) is 4.35. The van der Waals surface area contributed by atoms with Crippen LogP contribution in [-0.2, 0) is 0 Å². The normalized spacial score (nSPS) is 17.4. The van der Waals surface area contributed by atoms with Crippen LogP contribution in [0.15, 0.2) is 53.1 Å². The van der Waals surface area contributed by atoms with Crippen LogP contribution in [0.1, 0.15) is 16.1 Å². The number of aromatic nitrogens is 1. The molecule has 1 saturated heterocycles. The zero-order chi connectivity index (χ0) is 16.5. The molecule has 0 saturated carbocycles. The third kappa shape index (κ3) is 3.03. The first-order chi connectivity index (χ1) is 11.7. The van der Waals surface area contributed by atoms with E-state index in [4.69, 9.17) is 4.74 Å². The molecular weight excluding hydrogens is 388 g/mol. The predicted molar refractivity (Wildman–Crippen MR) is 98.7 cm³/mol. The Bertz CT molecular complexity index is 862. The number of fused-ring (bicyclic) bond motifs is 1. The smallest absolute Gasteiger partial charge is 0.264 e. The number of carbonyl (C=O) groups excluding carboxylic acids is 1. The maximum atomic E-state index is 12.7. The third-order valence-electron chi connectivity index (χ3n) is 4.07. The van der Waals surface area contributed by atoms with Gasteiger partial charge in [0.15, 0.2) is 0 Å². The molecule has 4 nitrogen and oxygen atoms in total. The SMILES string of the molecule is O=C(c1cc2ccccc2s1)N1CCC(Oc2ncccc2Br)C1. The first-order valence-corrected chi connectivity index (χ1v) is 9.37. The number of nitrogens with zero attached hydrogens (tertiary/aromatic N) is 2. The van der Waals surface area contributed by atoms with Crippen LogP contribution >= 0.6 is 27.3 Å². The second kappa shape index (κ2) is 6.53. The molecule has 4 rings (SSSR count). The fourth-order valence-electron chi connectivity index (χ4n) is 2.87. The van der Waals surface area contributed by atoms with E-state index in [1.54, 1.807) is 17.5 Å². The zero-order valence-corrected chi connectivity index (χ0v) is 15.2. The average molecular weight is 403 g/mol. The number of hydrogen-bond acceptors (Lipinski definition) is 4. The maximum absolute atomic E-state index is 12.7. The summed E-state index contributed by atoms with van der Waals surface area (Å²) in [4.78, 5) is 19.6. The van der Waals surface area contributed by atoms with Crippen LogP contribution in [0.3, 0.4) is 0 Å². The van der Waals surface area contributed by atoms with E-state index >= 15 is 0 Å². The van der Waals surface area contributed by atoms with Crippen LogP contribution in [0.5, 0.6) is 5.88 Å². The molecule has 122 valence electrons. The standard InChI is InChI=1S/C18H15BrN2O2S/c19-14-5-3-8-20-17(14)23-13-7-9-21(11-13)18(22)16-10-12-4-1-2-6-15(12)24-16/h1-6,8,10,13H,7,9,11H2. The van der Waals surface area contributed by atoms with Crippen molar-refractivity contribution in [2.75, 3.05) is 13.1 Å². The first kappa shape index (κ1) is 15.6. The van der Waals surface area contributed by atoms with Gasteiger partial charge in [0.25, 0.3) is 5.91 Å². The molecular formula is C18H15BrN2O2S. The largest absolute Gasteiger partial charge is 0.472 e. The molecule has 0 radical (unpaired) electrons. The molecule has 0 aliphatic carbocycles. The molecule has 1 fully saturated rings. The van der Waals surface area contributed by atoms with Gasteiger partial charge in [-0.25, -0.2) is 4.98 Å². The van der Waals surface area contributed by atoms with Crippen molar-refractivity contribution >= 4 is 43.3 Å². The van der Waals surface area contributed by atoms with Gasteiger partial charge >= 0.3 is 0 Å². The third-order valence-corrected chi connectivity index (χ3v) is 5.78. The summed E-state index contributed by atoms with van der Waals surface area (Å²) >= 11 is 4.99. The summed E-state index contributed by atoms with van der Waals surface area (Å²) in [6, 6.07) is 13.8. The van der Waals surface area contributed by atoms with E-state index in [-0.39, 0.29) is 12.0 Å². The molecule has 3 heterocycles. The van der Waals surface area contributed by atoms with E-state index in [0.717, 1.165) is 25.9 Å². The molecule has 1 aliphatic heterocycles. The number of likely N-dealkylation sites (tertiary alicyclic amines) is 1. The topological polar surface area (TPSA) is 42.4 Å². The van der Waals surface area contributed by atoms with Gasteiger partial charge in [-0.1, -0.05) is 18.2 Å². The number of hydrogen-bond donors (Lipinski definition) is 0. The highest BCUT2D eigenvalue weighted by Gasteiger charge is 2.29. The molecule has 0 N–H and O–H groups in total. The molecule has 24 heavy (non-hydrogen) atoms. The zero-order valence-electron chi connectivity index (χ0n) is 12.8. The van der Waals surface area contributed by atoms with Gasteiger partial charge in [-0.3, -0.25) is 4.79 Å². The number of amides is 1. The summed E-state index contributed by atoms with van der Waals surface area (Å²) in [7, 11) is 0. The van der Waals surface area contributed by atoms with Crippen molar-refractivity contribution in [3.63, 3.8) is 0 Å². The number of ether oxygens (including phenoxy) is 1. The summed E-state index contributed by atoms with van der Waals surface area (Å²) < 4.78 is 7.91. The Balaban J connectivity index is 1.46. The number of halogens is 1. The molecule has 3 aromatic rings. The summed E-state index contributed by atoms with van der Waals surface area (Å²) in [5.74, 6) is 0.668. The number of benzene rings is 1. The Morgan fingerprint density at radius 2 is 2.17 bits per heavy atom. The average Bonchev–Trinajstić information content (AvgIpc) is 3.23. The number of pyridine rings is 1. The van der Waals surface area contributed by atoms with E-state index in [1.165, 1.54) is 0 Å². The maximum Gasteiger partial charge on any atom is 0.264 e. The summed E-state index contributed by atoms with van der Waals surface area (Å²) in [6.07, 6.45) is 2.50. The van der Waals surface area contributed by atoms with Crippen molar-refractivity contribution in [1.29, 1.82) is 0 Å². The Kier molecular flexibility index (Phi) is 4.24. The lowest BCUT2D eigenvalue weighted by atomic mass is 10.2. The molecule has 0 bridgehead atoms. The van der Waals surface area contributed by atoms with E-state index in [0.29, 0.717) is 19.0 Å². The van der Waals surface area contributed by atoms with Crippen LogP contribution in [-0.4, -0.2) is 35.0 Å². The monoisotopic (exact) mass is 402 g/mol. The molecule has 1 atom stereocenters. The highest BCUT2D eigenvalue weighted by Crippen LogP contribution is 2.28. The number of carbonyl (C=O) groups is 1. The number of thiophene rings is 1. The second-order valence-electron chi connectivity index (χ2n) is 5.72. The quantitative estimate of drug-likeness (QED) is 0.653. The van der Waals surface area contributed by atoms with Crippen LogP contribution in [0.2, 0.25) is 0 Å². The van der Waals surface area contributed by atoms with Gasteiger partial charge in [0.1, 0.15) is 6.10 Å². The molecule has 1 unspecified atom stereocenters. The lowest BCUT2D eigenvalue weighted by molar-refractivity contribution is 0.0776. The Hall–Kier alpha value is -1.92. The fraction of sp³-hybridized carbons (Fsp3) is 0.222. The second-order valence-corrected chi connectivity index (χ2v) is 7.66. The van der Waals surface area contributed by atoms with E-state index in [2.05, 4.69) is 20.9 Å².